The van der Waals surface area contributed by atoms with Gasteiger partial charge in [0.1, 0.15) is 5.56 Å². The molecule has 0 unspecified atom stereocenters. The second-order valence-corrected chi connectivity index (χ2v) is 7.39. The van der Waals surface area contributed by atoms with Crippen molar-refractivity contribution in [2.24, 2.45) is 0 Å². The van der Waals surface area contributed by atoms with Gasteiger partial charge in [0.25, 0.3) is 5.91 Å². The highest BCUT2D eigenvalue weighted by atomic mass is 16.7. The monoisotopic (exact) mass is 416 g/mol. The van der Waals surface area contributed by atoms with Gasteiger partial charge in [0.15, 0.2) is 11.5 Å². The topological polar surface area (TPSA) is 102 Å². The van der Waals surface area contributed by atoms with E-state index in [2.05, 4.69) is 10.6 Å². The van der Waals surface area contributed by atoms with Gasteiger partial charge in [-0.1, -0.05) is 0 Å². The number of benzene rings is 1. The molecule has 30 heavy (non-hydrogen) atoms. The van der Waals surface area contributed by atoms with Crippen LogP contribution >= 0.6 is 0 Å². The lowest BCUT2D eigenvalue weighted by molar-refractivity contribution is -0.120. The van der Waals surface area contributed by atoms with Crippen molar-refractivity contribution >= 4 is 22.7 Å². The molecule has 2 N–H and O–H groups in total. The Bertz CT molecular complexity index is 999. The Labute approximate surface area is 174 Å². The first-order chi connectivity index (χ1) is 14.4. The van der Waals surface area contributed by atoms with E-state index in [9.17, 15) is 14.4 Å². The number of rotatable bonds is 9. The summed E-state index contributed by atoms with van der Waals surface area (Å²) in [4.78, 5) is 39.5. The molecule has 1 aromatic carbocycles. The molecule has 0 bridgehead atoms. The molecule has 9 heteroatoms. The first kappa shape index (κ1) is 21.6. The second kappa shape index (κ2) is 9.62. The van der Waals surface area contributed by atoms with Gasteiger partial charge in [-0.2, -0.15) is 0 Å². The highest BCUT2D eigenvalue weighted by molar-refractivity contribution is 5.98. The number of aryl methyl sites for hydroxylation is 1. The second-order valence-electron chi connectivity index (χ2n) is 7.39. The predicted octanol–water partition coefficient (Wildman–Crippen LogP) is 0.938. The van der Waals surface area contributed by atoms with E-state index in [-0.39, 0.29) is 36.7 Å². The normalized spacial score (nSPS) is 12.4. The molecule has 2 heterocycles. The van der Waals surface area contributed by atoms with E-state index in [0.29, 0.717) is 35.5 Å². The molecule has 0 atom stereocenters. The standard InChI is InChI=1S/C21H28N4O5/c1-4-25-12-15(20(27)14-10-17-18(11-16(14)25)30-13-29-17)21(28)23-8-6-19(26)22-7-5-9-24(2)3/h10-12H,4-9,13H2,1-3H3,(H,22,26)(H,23,28). The van der Waals surface area contributed by atoms with Crippen LogP contribution in [-0.2, 0) is 11.3 Å². The highest BCUT2D eigenvalue weighted by Gasteiger charge is 2.20. The van der Waals surface area contributed by atoms with Crippen molar-refractivity contribution in [1.29, 1.82) is 0 Å². The van der Waals surface area contributed by atoms with Gasteiger partial charge in [0.05, 0.1) is 10.9 Å². The van der Waals surface area contributed by atoms with Gasteiger partial charge in [-0.3, -0.25) is 14.4 Å². The van der Waals surface area contributed by atoms with E-state index in [1.54, 1.807) is 18.3 Å². The summed E-state index contributed by atoms with van der Waals surface area (Å²) in [5.74, 6) is 0.442. The van der Waals surface area contributed by atoms with Gasteiger partial charge in [0, 0.05) is 38.3 Å². The fourth-order valence-electron chi connectivity index (χ4n) is 3.30. The van der Waals surface area contributed by atoms with Gasteiger partial charge in [-0.25, -0.2) is 0 Å². The zero-order valence-corrected chi connectivity index (χ0v) is 17.6. The molecular formula is C21H28N4O5. The Hall–Kier alpha value is -3.07. The lowest BCUT2D eigenvalue weighted by Crippen LogP contribution is -2.34. The number of fused-ring (bicyclic) bond motifs is 2. The number of hydrogen-bond acceptors (Lipinski definition) is 6. The Balaban J connectivity index is 1.65. The SMILES string of the molecule is CCn1cc(C(=O)NCCC(=O)NCCCN(C)C)c(=O)c2cc3c(cc21)OCO3. The maximum absolute atomic E-state index is 12.9. The quantitative estimate of drug-likeness (QED) is 0.590. The summed E-state index contributed by atoms with van der Waals surface area (Å²) in [7, 11) is 3.95. The molecule has 1 aromatic heterocycles. The minimum atomic E-state index is -0.498. The van der Waals surface area contributed by atoms with Crippen LogP contribution in [0.5, 0.6) is 11.5 Å². The minimum Gasteiger partial charge on any atom is -0.454 e. The molecule has 0 fully saturated rings. The molecule has 0 aliphatic carbocycles. The molecule has 1 aliphatic heterocycles. The summed E-state index contributed by atoms with van der Waals surface area (Å²) >= 11 is 0. The maximum atomic E-state index is 12.9. The van der Waals surface area contributed by atoms with Crippen LogP contribution in [0, 0.1) is 0 Å². The summed E-state index contributed by atoms with van der Waals surface area (Å²) in [5, 5.41) is 5.89. The molecule has 3 rings (SSSR count). The largest absolute Gasteiger partial charge is 0.454 e. The van der Waals surface area contributed by atoms with Crippen LogP contribution in [0.4, 0.5) is 0 Å². The molecule has 0 saturated heterocycles. The van der Waals surface area contributed by atoms with Gasteiger partial charge < -0.3 is 29.6 Å². The molecule has 2 aromatic rings. The minimum absolute atomic E-state index is 0.0367. The summed E-state index contributed by atoms with van der Waals surface area (Å²) in [5.41, 5.74) is 0.341. The molecule has 0 radical (unpaired) electrons. The first-order valence-electron chi connectivity index (χ1n) is 10.1. The van der Waals surface area contributed by atoms with E-state index in [1.165, 1.54) is 0 Å². The number of hydrogen-bond donors (Lipinski definition) is 2. The van der Waals surface area contributed by atoms with Gasteiger partial charge in [-0.05, 0) is 40.1 Å². The van der Waals surface area contributed by atoms with E-state index in [4.69, 9.17) is 9.47 Å². The van der Waals surface area contributed by atoms with Gasteiger partial charge >= 0.3 is 0 Å². The van der Waals surface area contributed by atoms with Crippen molar-refractivity contribution in [2.75, 3.05) is 40.5 Å². The van der Waals surface area contributed by atoms with Crippen molar-refractivity contribution in [3.05, 3.63) is 34.1 Å². The van der Waals surface area contributed by atoms with Crippen LogP contribution in [0.15, 0.2) is 23.1 Å². The third-order valence-electron chi connectivity index (χ3n) is 4.90. The Morgan fingerprint density at radius 1 is 1.13 bits per heavy atom. The van der Waals surface area contributed by atoms with Crippen molar-refractivity contribution < 1.29 is 19.1 Å². The number of pyridine rings is 1. The fraction of sp³-hybridized carbons (Fsp3) is 0.476. The lowest BCUT2D eigenvalue weighted by atomic mass is 10.1. The van der Waals surface area contributed by atoms with Crippen LogP contribution in [0.1, 0.15) is 30.1 Å². The number of nitrogens with one attached hydrogen (secondary N) is 2. The predicted molar refractivity (Wildman–Crippen MR) is 113 cm³/mol. The van der Waals surface area contributed by atoms with Gasteiger partial charge in [-0.15, -0.1) is 0 Å². The average Bonchev–Trinajstić information content (AvgIpc) is 3.17. The van der Waals surface area contributed by atoms with Crippen molar-refractivity contribution in [3.63, 3.8) is 0 Å². The Kier molecular flexibility index (Phi) is 6.94. The molecule has 162 valence electrons. The third kappa shape index (κ3) is 4.91. The number of carbonyl (C=O) groups is 2. The van der Waals surface area contributed by atoms with E-state index in [1.807, 2.05) is 30.5 Å². The summed E-state index contributed by atoms with van der Waals surface area (Å²) in [6, 6.07) is 3.37. The van der Waals surface area contributed by atoms with Crippen LogP contribution in [0.3, 0.4) is 0 Å². The van der Waals surface area contributed by atoms with Gasteiger partial charge in [0.2, 0.25) is 18.1 Å². The molecule has 0 spiro atoms. The number of amides is 2. The zero-order valence-electron chi connectivity index (χ0n) is 17.6. The number of carbonyl (C=O) groups excluding carboxylic acids is 2. The molecular weight excluding hydrogens is 388 g/mol. The summed E-state index contributed by atoms with van der Waals surface area (Å²) in [6.45, 7) is 4.25. The smallest absolute Gasteiger partial charge is 0.256 e. The summed E-state index contributed by atoms with van der Waals surface area (Å²) in [6.07, 6.45) is 2.56. The van der Waals surface area contributed by atoms with Crippen molar-refractivity contribution in [2.45, 2.75) is 26.3 Å². The third-order valence-corrected chi connectivity index (χ3v) is 4.90. The first-order valence-corrected chi connectivity index (χ1v) is 10.1. The lowest BCUT2D eigenvalue weighted by Gasteiger charge is -2.13. The van der Waals surface area contributed by atoms with E-state index in [0.717, 1.165) is 13.0 Å². The highest BCUT2D eigenvalue weighted by Crippen LogP contribution is 2.35. The Morgan fingerprint density at radius 2 is 1.87 bits per heavy atom. The van der Waals surface area contributed by atoms with Crippen molar-refractivity contribution in [3.8, 4) is 11.5 Å². The molecule has 9 nitrogen and oxygen atoms in total. The molecule has 2 amide bonds. The number of nitrogens with zero attached hydrogens (tertiary/aromatic N) is 2. The van der Waals surface area contributed by atoms with E-state index >= 15 is 0 Å². The fourth-order valence-corrected chi connectivity index (χ4v) is 3.30. The number of aromatic nitrogens is 1. The number of ether oxygens (including phenoxy) is 2. The zero-order chi connectivity index (χ0) is 21.7. The molecule has 1 aliphatic rings. The maximum Gasteiger partial charge on any atom is 0.256 e. The van der Waals surface area contributed by atoms with Crippen LogP contribution < -0.4 is 25.5 Å². The average molecular weight is 416 g/mol. The van der Waals surface area contributed by atoms with Crippen LogP contribution in [-0.4, -0.2) is 61.8 Å². The van der Waals surface area contributed by atoms with E-state index < -0.39 is 5.91 Å². The summed E-state index contributed by atoms with van der Waals surface area (Å²) < 4.78 is 12.6. The Morgan fingerprint density at radius 3 is 2.57 bits per heavy atom. The van der Waals surface area contributed by atoms with Crippen LogP contribution in [0.25, 0.3) is 10.9 Å². The van der Waals surface area contributed by atoms with Crippen LogP contribution in [0.2, 0.25) is 0 Å². The molecule has 0 saturated carbocycles. The van der Waals surface area contributed by atoms with Crippen molar-refractivity contribution in [1.82, 2.24) is 20.1 Å².